The Balaban J connectivity index is 2.07. The molecule has 1 atom stereocenters. The van der Waals surface area contributed by atoms with Crippen LogP contribution in [0.4, 0.5) is 0 Å². The number of nitrogens with zero attached hydrogens (tertiary/aromatic N) is 1. The predicted molar refractivity (Wildman–Crippen MR) is 82.9 cm³/mol. The van der Waals surface area contributed by atoms with E-state index in [1.807, 2.05) is 43.5 Å². The van der Waals surface area contributed by atoms with Crippen molar-refractivity contribution in [3.63, 3.8) is 0 Å². The second-order valence-electron chi connectivity index (χ2n) is 4.85. The Bertz CT molecular complexity index is 592. The van der Waals surface area contributed by atoms with Crippen molar-refractivity contribution < 1.29 is 4.79 Å². The van der Waals surface area contributed by atoms with E-state index in [0.29, 0.717) is 12.1 Å². The lowest BCUT2D eigenvalue weighted by molar-refractivity contribution is 0.0953. The molecule has 1 amide bonds. The molecule has 2 aromatic rings. The third-order valence-electron chi connectivity index (χ3n) is 2.92. The number of aryl methyl sites for hydroxylation is 1. The Morgan fingerprint density at radius 1 is 1.50 bits per heavy atom. The topological polar surface area (TPSA) is 68.0 Å². The number of rotatable bonds is 5. The molecule has 0 aliphatic rings. The van der Waals surface area contributed by atoms with Crippen LogP contribution in [-0.2, 0) is 0 Å². The van der Waals surface area contributed by atoms with Gasteiger partial charge in [0.25, 0.3) is 5.91 Å². The van der Waals surface area contributed by atoms with E-state index in [2.05, 4.69) is 10.3 Å². The highest BCUT2D eigenvalue weighted by atomic mass is 32.1. The highest BCUT2D eigenvalue weighted by Crippen LogP contribution is 2.22. The van der Waals surface area contributed by atoms with Gasteiger partial charge in [-0.2, -0.15) is 0 Å². The summed E-state index contributed by atoms with van der Waals surface area (Å²) in [5, 5.41) is 5.90. The molecule has 1 aromatic carbocycles. The largest absolute Gasteiger partial charge is 0.352 e. The first kappa shape index (κ1) is 14.7. The van der Waals surface area contributed by atoms with Gasteiger partial charge in [0.15, 0.2) is 0 Å². The van der Waals surface area contributed by atoms with Crippen molar-refractivity contribution in [2.24, 2.45) is 5.73 Å². The Morgan fingerprint density at radius 3 is 2.95 bits per heavy atom. The fraction of sp³-hybridized carbons (Fsp3) is 0.333. The van der Waals surface area contributed by atoms with Crippen LogP contribution < -0.4 is 11.1 Å². The lowest BCUT2D eigenvalue weighted by Crippen LogP contribution is -2.28. The first-order valence-corrected chi connectivity index (χ1v) is 7.50. The van der Waals surface area contributed by atoms with Gasteiger partial charge in [0.2, 0.25) is 0 Å². The molecular formula is C15H19N3OS. The molecule has 0 saturated carbocycles. The number of hydrogen-bond acceptors (Lipinski definition) is 4. The van der Waals surface area contributed by atoms with Gasteiger partial charge in [-0.25, -0.2) is 4.98 Å². The Morgan fingerprint density at radius 2 is 2.30 bits per heavy atom. The summed E-state index contributed by atoms with van der Waals surface area (Å²) in [6.07, 6.45) is 0.775. The molecule has 2 rings (SSSR count). The van der Waals surface area contributed by atoms with Crippen molar-refractivity contribution in [2.45, 2.75) is 26.3 Å². The molecule has 1 heterocycles. The third-order valence-corrected chi connectivity index (χ3v) is 3.70. The highest BCUT2D eigenvalue weighted by molar-refractivity contribution is 7.09. The molecule has 1 unspecified atom stereocenters. The van der Waals surface area contributed by atoms with E-state index >= 15 is 0 Å². The molecule has 0 fully saturated rings. The second kappa shape index (κ2) is 6.63. The van der Waals surface area contributed by atoms with Crippen LogP contribution in [0.3, 0.4) is 0 Å². The second-order valence-corrected chi connectivity index (χ2v) is 5.92. The maximum Gasteiger partial charge on any atom is 0.251 e. The first-order chi connectivity index (χ1) is 9.56. The van der Waals surface area contributed by atoms with Gasteiger partial charge in [-0.15, -0.1) is 11.3 Å². The number of benzene rings is 1. The molecule has 20 heavy (non-hydrogen) atoms. The summed E-state index contributed by atoms with van der Waals surface area (Å²) in [6, 6.07) is 7.62. The minimum absolute atomic E-state index is 0.0700. The van der Waals surface area contributed by atoms with Gasteiger partial charge in [0.1, 0.15) is 0 Å². The van der Waals surface area contributed by atoms with Gasteiger partial charge in [-0.1, -0.05) is 12.1 Å². The number of carbonyl (C=O) groups is 1. The zero-order valence-electron chi connectivity index (χ0n) is 11.7. The van der Waals surface area contributed by atoms with E-state index in [-0.39, 0.29) is 11.9 Å². The number of carbonyl (C=O) groups excluding carboxylic acids is 1. The van der Waals surface area contributed by atoms with Crippen LogP contribution in [-0.4, -0.2) is 23.5 Å². The number of hydrogen-bond donors (Lipinski definition) is 2. The monoisotopic (exact) mass is 289 g/mol. The average Bonchev–Trinajstić information content (AvgIpc) is 2.85. The van der Waals surface area contributed by atoms with E-state index in [4.69, 9.17) is 5.73 Å². The highest BCUT2D eigenvalue weighted by Gasteiger charge is 2.08. The van der Waals surface area contributed by atoms with Crippen molar-refractivity contribution >= 4 is 17.2 Å². The molecule has 0 spiro atoms. The lowest BCUT2D eigenvalue weighted by Gasteiger charge is -2.08. The van der Waals surface area contributed by atoms with Crippen LogP contribution >= 0.6 is 11.3 Å². The smallest absolute Gasteiger partial charge is 0.251 e. The van der Waals surface area contributed by atoms with Crippen LogP contribution in [0.15, 0.2) is 29.6 Å². The van der Waals surface area contributed by atoms with Gasteiger partial charge < -0.3 is 11.1 Å². The van der Waals surface area contributed by atoms with E-state index in [1.54, 1.807) is 11.3 Å². The SMILES string of the molecule is Cc1nc(-c2cccc(C(=O)NCCC(C)N)c2)cs1. The molecule has 0 radical (unpaired) electrons. The quantitative estimate of drug-likeness (QED) is 0.889. The summed E-state index contributed by atoms with van der Waals surface area (Å²) in [5.74, 6) is -0.0700. The van der Waals surface area contributed by atoms with Crippen molar-refractivity contribution in [1.82, 2.24) is 10.3 Å². The predicted octanol–water partition coefficient (Wildman–Crippen LogP) is 2.59. The molecule has 106 valence electrons. The number of amides is 1. The van der Waals surface area contributed by atoms with Crippen molar-refractivity contribution in [1.29, 1.82) is 0 Å². The van der Waals surface area contributed by atoms with Gasteiger partial charge in [-0.05, 0) is 32.4 Å². The molecular weight excluding hydrogens is 270 g/mol. The maximum absolute atomic E-state index is 12.0. The standard InChI is InChI=1S/C15H19N3OS/c1-10(16)6-7-17-15(19)13-5-3-4-12(8-13)14-9-20-11(2)18-14/h3-5,8-10H,6-7,16H2,1-2H3,(H,17,19). The van der Waals surface area contributed by atoms with Crippen LogP contribution in [0.2, 0.25) is 0 Å². The average molecular weight is 289 g/mol. The van der Waals surface area contributed by atoms with Gasteiger partial charge in [0.05, 0.1) is 10.7 Å². The Labute approximate surface area is 123 Å². The maximum atomic E-state index is 12.0. The summed E-state index contributed by atoms with van der Waals surface area (Å²) >= 11 is 1.61. The number of thiazole rings is 1. The molecule has 0 saturated heterocycles. The fourth-order valence-electron chi connectivity index (χ4n) is 1.83. The van der Waals surface area contributed by atoms with Crippen LogP contribution in [0.25, 0.3) is 11.3 Å². The summed E-state index contributed by atoms with van der Waals surface area (Å²) in [4.78, 5) is 16.5. The molecule has 0 bridgehead atoms. The van der Waals surface area contributed by atoms with Gasteiger partial charge >= 0.3 is 0 Å². The summed E-state index contributed by atoms with van der Waals surface area (Å²) < 4.78 is 0. The van der Waals surface area contributed by atoms with Gasteiger partial charge in [0, 0.05) is 29.1 Å². The van der Waals surface area contributed by atoms with Crippen molar-refractivity contribution in [3.05, 3.63) is 40.2 Å². The number of nitrogens with two attached hydrogens (primary N) is 1. The van der Waals surface area contributed by atoms with E-state index in [9.17, 15) is 4.79 Å². The number of aromatic nitrogens is 1. The zero-order chi connectivity index (χ0) is 14.5. The molecule has 0 aliphatic carbocycles. The Kier molecular flexibility index (Phi) is 4.87. The fourth-order valence-corrected chi connectivity index (χ4v) is 2.45. The first-order valence-electron chi connectivity index (χ1n) is 6.62. The summed E-state index contributed by atoms with van der Waals surface area (Å²) in [7, 11) is 0. The van der Waals surface area contributed by atoms with E-state index in [1.165, 1.54) is 0 Å². The molecule has 1 aromatic heterocycles. The number of nitrogens with one attached hydrogen (secondary N) is 1. The van der Waals surface area contributed by atoms with E-state index < -0.39 is 0 Å². The van der Waals surface area contributed by atoms with Crippen molar-refractivity contribution in [3.8, 4) is 11.3 Å². The minimum atomic E-state index is -0.0700. The van der Waals surface area contributed by atoms with Gasteiger partial charge in [-0.3, -0.25) is 4.79 Å². The Hall–Kier alpha value is -1.72. The molecule has 4 nitrogen and oxygen atoms in total. The minimum Gasteiger partial charge on any atom is -0.352 e. The molecule has 0 aliphatic heterocycles. The van der Waals surface area contributed by atoms with Crippen molar-refractivity contribution in [2.75, 3.05) is 6.54 Å². The summed E-state index contributed by atoms with van der Waals surface area (Å²) in [5.41, 5.74) is 8.19. The third kappa shape index (κ3) is 3.88. The zero-order valence-corrected chi connectivity index (χ0v) is 12.5. The molecule has 3 N–H and O–H groups in total. The normalized spacial score (nSPS) is 12.2. The van der Waals surface area contributed by atoms with Crippen LogP contribution in [0.1, 0.15) is 28.7 Å². The van der Waals surface area contributed by atoms with Crippen LogP contribution in [0.5, 0.6) is 0 Å². The lowest BCUT2D eigenvalue weighted by atomic mass is 10.1. The van der Waals surface area contributed by atoms with Crippen LogP contribution in [0, 0.1) is 6.92 Å². The summed E-state index contributed by atoms with van der Waals surface area (Å²) in [6.45, 7) is 4.49. The molecule has 5 heteroatoms. The van der Waals surface area contributed by atoms with E-state index in [0.717, 1.165) is 22.7 Å².